The molecule has 1 aromatic heterocycles. The monoisotopic (exact) mass is 310 g/mol. The molecule has 1 spiro atoms. The maximum atomic E-state index is 12.3. The van der Waals surface area contributed by atoms with Crippen LogP contribution in [0.25, 0.3) is 0 Å². The van der Waals surface area contributed by atoms with Crippen LogP contribution in [0.3, 0.4) is 0 Å². The van der Waals surface area contributed by atoms with E-state index >= 15 is 0 Å². The van der Waals surface area contributed by atoms with Crippen LogP contribution in [0.1, 0.15) is 29.0 Å². The summed E-state index contributed by atoms with van der Waals surface area (Å²) < 4.78 is 5.19. The van der Waals surface area contributed by atoms with E-state index in [0.29, 0.717) is 37.5 Å². The lowest BCUT2D eigenvalue weighted by atomic mass is 9.93. The third kappa shape index (κ3) is 2.36. The van der Waals surface area contributed by atoms with Gasteiger partial charge in [0, 0.05) is 37.2 Å². The Balaban J connectivity index is 1.52. The van der Waals surface area contributed by atoms with Crippen molar-refractivity contribution >= 4 is 17.4 Å². The second-order valence-corrected chi connectivity index (χ2v) is 5.97. The number of nitrogens with one attached hydrogen (secondary N) is 1. The van der Waals surface area contributed by atoms with Gasteiger partial charge in [0.1, 0.15) is 11.5 Å². The lowest BCUT2D eigenvalue weighted by molar-refractivity contribution is 0.0653. The molecule has 0 atom stereocenters. The van der Waals surface area contributed by atoms with Gasteiger partial charge in [-0.3, -0.25) is 4.79 Å². The Bertz CT molecular complexity index is 759. The Kier molecular flexibility index (Phi) is 3.11. The first kappa shape index (κ1) is 13.9. The SMILES string of the molecule is NC1=NC2(CCN(C(=O)c3ccco3)CC2)Nc2ccccc21. The molecule has 2 aliphatic rings. The number of hydrogen-bond acceptors (Lipinski definition) is 5. The number of piperidine rings is 1. The van der Waals surface area contributed by atoms with Crippen LogP contribution in [0.15, 0.2) is 52.1 Å². The van der Waals surface area contributed by atoms with Crippen molar-refractivity contribution in [3.05, 3.63) is 54.0 Å². The molecule has 0 bridgehead atoms. The Morgan fingerprint density at radius 1 is 1.22 bits per heavy atom. The molecular weight excluding hydrogens is 292 g/mol. The molecule has 6 heteroatoms. The first-order valence-electron chi connectivity index (χ1n) is 7.73. The smallest absolute Gasteiger partial charge is 0.289 e. The van der Waals surface area contributed by atoms with Gasteiger partial charge in [-0.2, -0.15) is 0 Å². The van der Waals surface area contributed by atoms with Crippen LogP contribution in [0, 0.1) is 0 Å². The summed E-state index contributed by atoms with van der Waals surface area (Å²) in [5.74, 6) is 0.870. The van der Waals surface area contributed by atoms with Gasteiger partial charge >= 0.3 is 0 Å². The predicted octanol–water partition coefficient (Wildman–Crippen LogP) is 2.04. The standard InChI is InChI=1S/C17H18N4O2/c18-15-12-4-1-2-5-13(12)19-17(20-15)7-9-21(10-8-17)16(22)14-6-3-11-23-14/h1-6,11,19H,7-10H2,(H2,18,20). The summed E-state index contributed by atoms with van der Waals surface area (Å²) in [6.45, 7) is 1.23. The topological polar surface area (TPSA) is 83.9 Å². The van der Waals surface area contributed by atoms with Gasteiger partial charge in [-0.05, 0) is 24.3 Å². The molecular formula is C17H18N4O2. The summed E-state index contributed by atoms with van der Waals surface area (Å²) in [6, 6.07) is 11.3. The number of furan rings is 1. The van der Waals surface area contributed by atoms with E-state index in [0.717, 1.165) is 11.3 Å². The minimum absolute atomic E-state index is 0.0713. The third-order valence-corrected chi connectivity index (χ3v) is 4.51. The van der Waals surface area contributed by atoms with Gasteiger partial charge < -0.3 is 20.4 Å². The zero-order valence-electron chi connectivity index (χ0n) is 12.7. The number of amides is 1. The molecule has 3 N–H and O–H groups in total. The summed E-state index contributed by atoms with van der Waals surface area (Å²) in [7, 11) is 0. The fourth-order valence-corrected chi connectivity index (χ4v) is 3.26. The normalized spacial score (nSPS) is 19.0. The number of amidine groups is 1. The number of para-hydroxylation sites is 1. The van der Waals surface area contributed by atoms with Crippen LogP contribution in [0.2, 0.25) is 0 Å². The van der Waals surface area contributed by atoms with Crippen molar-refractivity contribution in [3.63, 3.8) is 0 Å². The average molecular weight is 310 g/mol. The molecule has 0 saturated carbocycles. The van der Waals surface area contributed by atoms with E-state index in [9.17, 15) is 4.79 Å². The molecule has 4 rings (SSSR count). The summed E-state index contributed by atoms with van der Waals surface area (Å²) in [4.78, 5) is 18.8. The van der Waals surface area contributed by atoms with Crippen molar-refractivity contribution in [3.8, 4) is 0 Å². The van der Waals surface area contributed by atoms with Gasteiger partial charge in [0.25, 0.3) is 5.91 Å². The number of carbonyl (C=O) groups excluding carboxylic acids is 1. The maximum absolute atomic E-state index is 12.3. The minimum atomic E-state index is -0.418. The van der Waals surface area contributed by atoms with Crippen molar-refractivity contribution in [2.24, 2.45) is 10.7 Å². The van der Waals surface area contributed by atoms with E-state index in [1.807, 2.05) is 24.3 Å². The molecule has 23 heavy (non-hydrogen) atoms. The number of nitrogens with two attached hydrogens (primary N) is 1. The molecule has 2 aromatic rings. The van der Waals surface area contributed by atoms with Crippen molar-refractivity contribution in [1.29, 1.82) is 0 Å². The fourth-order valence-electron chi connectivity index (χ4n) is 3.26. The second-order valence-electron chi connectivity index (χ2n) is 5.97. The highest BCUT2D eigenvalue weighted by Crippen LogP contribution is 2.34. The second kappa shape index (κ2) is 5.15. The summed E-state index contributed by atoms with van der Waals surface area (Å²) in [5, 5.41) is 3.51. The van der Waals surface area contributed by atoms with E-state index in [-0.39, 0.29) is 5.91 Å². The van der Waals surface area contributed by atoms with Gasteiger partial charge in [0.05, 0.1) is 6.26 Å². The molecule has 1 fully saturated rings. The average Bonchev–Trinajstić information content (AvgIpc) is 3.09. The number of likely N-dealkylation sites (tertiary alicyclic amines) is 1. The third-order valence-electron chi connectivity index (χ3n) is 4.51. The number of hydrogen-bond donors (Lipinski definition) is 2. The highest BCUT2D eigenvalue weighted by atomic mass is 16.3. The van der Waals surface area contributed by atoms with Gasteiger partial charge in [0.15, 0.2) is 5.76 Å². The number of benzene rings is 1. The van der Waals surface area contributed by atoms with E-state index in [4.69, 9.17) is 15.1 Å². The molecule has 6 nitrogen and oxygen atoms in total. The molecule has 1 saturated heterocycles. The highest BCUT2D eigenvalue weighted by Gasteiger charge is 2.39. The number of rotatable bonds is 1. The summed E-state index contributed by atoms with van der Waals surface area (Å²) in [5.41, 5.74) is 7.66. The lowest BCUT2D eigenvalue weighted by Crippen LogP contribution is -2.52. The van der Waals surface area contributed by atoms with Crippen molar-refractivity contribution in [2.45, 2.75) is 18.5 Å². The first-order valence-corrected chi connectivity index (χ1v) is 7.73. The maximum Gasteiger partial charge on any atom is 0.289 e. The van der Waals surface area contributed by atoms with Crippen LogP contribution in [-0.4, -0.2) is 35.4 Å². The van der Waals surface area contributed by atoms with Crippen LogP contribution in [0.5, 0.6) is 0 Å². The predicted molar refractivity (Wildman–Crippen MR) is 87.4 cm³/mol. The Hall–Kier alpha value is -2.76. The van der Waals surface area contributed by atoms with Crippen molar-refractivity contribution < 1.29 is 9.21 Å². The Labute approximate surface area is 134 Å². The van der Waals surface area contributed by atoms with Gasteiger partial charge in [-0.15, -0.1) is 0 Å². The minimum Gasteiger partial charge on any atom is -0.459 e. The number of carbonyl (C=O) groups is 1. The number of anilines is 1. The Morgan fingerprint density at radius 3 is 2.74 bits per heavy atom. The largest absolute Gasteiger partial charge is 0.459 e. The molecule has 0 radical (unpaired) electrons. The summed E-state index contributed by atoms with van der Waals surface area (Å²) in [6.07, 6.45) is 2.95. The molecule has 118 valence electrons. The number of fused-ring (bicyclic) bond motifs is 1. The van der Waals surface area contributed by atoms with E-state index < -0.39 is 5.66 Å². The molecule has 1 aromatic carbocycles. The van der Waals surface area contributed by atoms with E-state index in [2.05, 4.69) is 5.32 Å². The first-order chi connectivity index (χ1) is 11.2. The van der Waals surface area contributed by atoms with Crippen LogP contribution in [-0.2, 0) is 0 Å². The van der Waals surface area contributed by atoms with E-state index in [1.165, 1.54) is 6.26 Å². The zero-order chi connectivity index (χ0) is 15.9. The summed E-state index contributed by atoms with van der Waals surface area (Å²) >= 11 is 0. The van der Waals surface area contributed by atoms with Crippen LogP contribution < -0.4 is 11.1 Å². The van der Waals surface area contributed by atoms with E-state index in [1.54, 1.807) is 17.0 Å². The molecule has 0 aliphatic carbocycles. The lowest BCUT2D eigenvalue weighted by Gasteiger charge is -2.42. The number of aliphatic imine (C=N–C) groups is 1. The van der Waals surface area contributed by atoms with Gasteiger partial charge in [0.2, 0.25) is 0 Å². The van der Waals surface area contributed by atoms with Gasteiger partial charge in [-0.25, -0.2) is 4.99 Å². The number of nitrogens with zero attached hydrogens (tertiary/aromatic N) is 2. The van der Waals surface area contributed by atoms with Gasteiger partial charge in [-0.1, -0.05) is 12.1 Å². The molecule has 3 heterocycles. The van der Waals surface area contributed by atoms with Crippen LogP contribution in [0.4, 0.5) is 5.69 Å². The fraction of sp³-hybridized carbons (Fsp3) is 0.294. The molecule has 1 amide bonds. The van der Waals surface area contributed by atoms with Crippen LogP contribution >= 0.6 is 0 Å². The molecule has 2 aliphatic heterocycles. The van der Waals surface area contributed by atoms with Crippen molar-refractivity contribution in [1.82, 2.24) is 4.90 Å². The highest BCUT2D eigenvalue weighted by molar-refractivity contribution is 6.04. The zero-order valence-corrected chi connectivity index (χ0v) is 12.7. The van der Waals surface area contributed by atoms with Crippen molar-refractivity contribution in [2.75, 3.05) is 18.4 Å². The molecule has 0 unspecified atom stereocenters. The quantitative estimate of drug-likeness (QED) is 0.844. The Morgan fingerprint density at radius 2 is 2.00 bits per heavy atom.